The Bertz CT molecular complexity index is 235. The fourth-order valence-corrected chi connectivity index (χ4v) is 1.06. The van der Waals surface area contributed by atoms with Gasteiger partial charge in [0.1, 0.15) is 5.84 Å². The molecule has 10 heavy (non-hydrogen) atoms. The highest BCUT2D eigenvalue weighted by Crippen LogP contribution is 1.98. The van der Waals surface area contributed by atoms with Gasteiger partial charge >= 0.3 is 0 Å². The highest BCUT2D eigenvalue weighted by molar-refractivity contribution is 5.98. The molecule has 0 fully saturated rings. The van der Waals surface area contributed by atoms with Gasteiger partial charge in [0.2, 0.25) is 0 Å². The number of nitrogens with zero attached hydrogens (tertiary/aromatic N) is 1. The van der Waals surface area contributed by atoms with Crippen LogP contribution in [-0.2, 0) is 0 Å². The summed E-state index contributed by atoms with van der Waals surface area (Å²) in [6.07, 6.45) is 1.90. The third kappa shape index (κ3) is 0.795. The summed E-state index contributed by atoms with van der Waals surface area (Å²) in [5, 5.41) is 3.18. The maximum absolute atomic E-state index is 4.25. The van der Waals surface area contributed by atoms with Gasteiger partial charge in [-0.1, -0.05) is 0 Å². The van der Waals surface area contributed by atoms with E-state index in [4.69, 9.17) is 0 Å². The third-order valence-corrected chi connectivity index (χ3v) is 1.53. The van der Waals surface area contributed by atoms with Crippen LogP contribution in [0.5, 0.6) is 0 Å². The fourth-order valence-electron chi connectivity index (χ4n) is 1.06. The summed E-state index contributed by atoms with van der Waals surface area (Å²) in [6.45, 7) is 1.86. The molecule has 0 unspecified atom stereocenters. The van der Waals surface area contributed by atoms with Gasteiger partial charge < -0.3 is 10.3 Å². The van der Waals surface area contributed by atoms with E-state index < -0.39 is 0 Å². The zero-order chi connectivity index (χ0) is 6.81. The van der Waals surface area contributed by atoms with Gasteiger partial charge in [-0.25, -0.2) is 0 Å². The minimum Gasteiger partial charge on any atom is -0.367 e. The number of aromatic amines is 1. The van der Waals surface area contributed by atoms with E-state index in [1.807, 2.05) is 18.3 Å². The highest BCUT2D eigenvalue weighted by Gasteiger charge is 2.06. The van der Waals surface area contributed by atoms with Crippen molar-refractivity contribution in [3.05, 3.63) is 24.0 Å². The smallest absolute Gasteiger partial charge is 0.145 e. The molecule has 0 bridgehead atoms. The van der Waals surface area contributed by atoms with Crippen molar-refractivity contribution in [1.82, 2.24) is 10.3 Å². The lowest BCUT2D eigenvalue weighted by Gasteiger charge is -1.95. The van der Waals surface area contributed by atoms with Gasteiger partial charge in [-0.3, -0.25) is 4.99 Å². The van der Waals surface area contributed by atoms with Crippen LogP contribution in [0.4, 0.5) is 0 Å². The predicted octanol–water partition coefficient (Wildman–Crippen LogP) is 0.365. The molecule has 1 aliphatic rings. The molecule has 0 atom stereocenters. The zero-order valence-electron chi connectivity index (χ0n) is 5.59. The van der Waals surface area contributed by atoms with Gasteiger partial charge in [0.05, 0.1) is 12.2 Å². The van der Waals surface area contributed by atoms with Gasteiger partial charge in [0.15, 0.2) is 0 Å². The van der Waals surface area contributed by atoms with Crippen molar-refractivity contribution in [2.45, 2.75) is 0 Å². The molecule has 0 aromatic carbocycles. The summed E-state index contributed by atoms with van der Waals surface area (Å²) in [5.41, 5.74) is 1.08. The van der Waals surface area contributed by atoms with Gasteiger partial charge in [0, 0.05) is 12.7 Å². The molecular weight excluding hydrogens is 126 g/mol. The minimum atomic E-state index is 0.897. The summed E-state index contributed by atoms with van der Waals surface area (Å²) >= 11 is 0. The first kappa shape index (κ1) is 5.53. The number of hydrogen-bond donors (Lipinski definition) is 2. The Morgan fingerprint density at radius 3 is 3.10 bits per heavy atom. The van der Waals surface area contributed by atoms with Crippen LogP contribution in [-0.4, -0.2) is 23.9 Å². The second-order valence-electron chi connectivity index (χ2n) is 2.24. The Morgan fingerprint density at radius 1 is 1.50 bits per heavy atom. The van der Waals surface area contributed by atoms with E-state index in [1.165, 1.54) is 0 Å². The lowest BCUT2D eigenvalue weighted by Crippen LogP contribution is -2.19. The van der Waals surface area contributed by atoms with Gasteiger partial charge in [-0.15, -0.1) is 0 Å². The SMILES string of the molecule is c1c[nH]c(C2=NCCN2)c1. The zero-order valence-corrected chi connectivity index (χ0v) is 5.59. The van der Waals surface area contributed by atoms with Gasteiger partial charge in [-0.05, 0) is 12.1 Å². The number of nitrogens with one attached hydrogen (secondary N) is 2. The first-order valence-corrected chi connectivity index (χ1v) is 3.39. The third-order valence-electron chi connectivity index (χ3n) is 1.53. The molecule has 3 nitrogen and oxygen atoms in total. The van der Waals surface area contributed by atoms with Crippen LogP contribution < -0.4 is 5.32 Å². The van der Waals surface area contributed by atoms with Crippen molar-refractivity contribution < 1.29 is 0 Å². The van der Waals surface area contributed by atoms with E-state index >= 15 is 0 Å². The second-order valence-corrected chi connectivity index (χ2v) is 2.24. The largest absolute Gasteiger partial charge is 0.367 e. The molecule has 1 aromatic heterocycles. The maximum Gasteiger partial charge on any atom is 0.145 e. The van der Waals surface area contributed by atoms with E-state index in [9.17, 15) is 0 Å². The number of hydrogen-bond acceptors (Lipinski definition) is 2. The monoisotopic (exact) mass is 135 g/mol. The van der Waals surface area contributed by atoms with Crippen molar-refractivity contribution in [2.75, 3.05) is 13.1 Å². The molecule has 3 heteroatoms. The molecular formula is C7H9N3. The molecule has 52 valence electrons. The average Bonchev–Trinajstić information content (AvgIpc) is 2.59. The number of amidine groups is 1. The Labute approximate surface area is 59.2 Å². The van der Waals surface area contributed by atoms with E-state index in [1.54, 1.807) is 0 Å². The summed E-state index contributed by atoms with van der Waals surface area (Å²) in [4.78, 5) is 7.34. The molecule has 1 aliphatic heterocycles. The molecule has 1 aromatic rings. The molecule has 0 spiro atoms. The molecule has 0 saturated carbocycles. The molecule has 0 radical (unpaired) electrons. The molecule has 0 amide bonds. The molecule has 2 heterocycles. The highest BCUT2D eigenvalue weighted by atomic mass is 15.1. The molecule has 2 rings (SSSR count). The number of H-pyrrole nitrogens is 1. The van der Waals surface area contributed by atoms with E-state index in [0.29, 0.717) is 0 Å². The van der Waals surface area contributed by atoms with Crippen molar-refractivity contribution in [3.63, 3.8) is 0 Å². The number of aromatic nitrogens is 1. The van der Waals surface area contributed by atoms with Crippen molar-refractivity contribution in [3.8, 4) is 0 Å². The van der Waals surface area contributed by atoms with Crippen LogP contribution in [0, 0.1) is 0 Å². The summed E-state index contributed by atoms with van der Waals surface area (Å²) in [6, 6.07) is 3.98. The lowest BCUT2D eigenvalue weighted by molar-refractivity contribution is 0.959. The Kier molecular flexibility index (Phi) is 1.20. The molecule has 2 N–H and O–H groups in total. The lowest BCUT2D eigenvalue weighted by atomic mass is 10.4. The standard InChI is InChI=1S/C7H9N3/c1-2-6(8-3-1)7-9-4-5-10-7/h1-3,8H,4-5H2,(H,9,10). The van der Waals surface area contributed by atoms with Gasteiger partial charge in [0.25, 0.3) is 0 Å². The summed E-state index contributed by atoms with van der Waals surface area (Å²) in [5.74, 6) is 0.991. The number of rotatable bonds is 1. The summed E-state index contributed by atoms with van der Waals surface area (Å²) in [7, 11) is 0. The average molecular weight is 135 g/mol. The van der Waals surface area contributed by atoms with Crippen molar-refractivity contribution in [2.24, 2.45) is 4.99 Å². The minimum absolute atomic E-state index is 0.897. The molecule has 0 saturated heterocycles. The second kappa shape index (κ2) is 2.17. The summed E-state index contributed by atoms with van der Waals surface area (Å²) < 4.78 is 0. The van der Waals surface area contributed by atoms with Crippen molar-refractivity contribution in [1.29, 1.82) is 0 Å². The van der Waals surface area contributed by atoms with Crippen LogP contribution >= 0.6 is 0 Å². The van der Waals surface area contributed by atoms with Crippen LogP contribution in [0.2, 0.25) is 0 Å². The topological polar surface area (TPSA) is 40.2 Å². The van der Waals surface area contributed by atoms with E-state index in [0.717, 1.165) is 24.6 Å². The van der Waals surface area contributed by atoms with Crippen LogP contribution in [0.3, 0.4) is 0 Å². The Balaban J connectivity index is 2.28. The first-order chi connectivity index (χ1) is 4.97. The molecule has 0 aliphatic carbocycles. The van der Waals surface area contributed by atoms with Crippen LogP contribution in [0.1, 0.15) is 5.69 Å². The normalized spacial score (nSPS) is 16.6. The predicted molar refractivity (Wildman–Crippen MR) is 40.2 cm³/mol. The Hall–Kier alpha value is -1.25. The fraction of sp³-hybridized carbons (Fsp3) is 0.286. The van der Waals surface area contributed by atoms with Crippen LogP contribution in [0.25, 0.3) is 0 Å². The van der Waals surface area contributed by atoms with Gasteiger partial charge in [-0.2, -0.15) is 0 Å². The quantitative estimate of drug-likeness (QED) is 0.573. The number of aliphatic imine (C=N–C) groups is 1. The Morgan fingerprint density at radius 2 is 2.50 bits per heavy atom. The van der Waals surface area contributed by atoms with E-state index in [-0.39, 0.29) is 0 Å². The first-order valence-electron chi connectivity index (χ1n) is 3.39. The van der Waals surface area contributed by atoms with E-state index in [2.05, 4.69) is 15.3 Å². The van der Waals surface area contributed by atoms with Crippen LogP contribution in [0.15, 0.2) is 23.3 Å². The van der Waals surface area contributed by atoms with Crippen molar-refractivity contribution >= 4 is 5.84 Å². The maximum atomic E-state index is 4.25.